The molecule has 1 spiro atoms. The van der Waals surface area contributed by atoms with Crippen LogP contribution in [0.25, 0.3) is 0 Å². The van der Waals surface area contributed by atoms with Crippen LogP contribution in [-0.4, -0.2) is 66.9 Å². The van der Waals surface area contributed by atoms with E-state index in [1.54, 1.807) is 0 Å². The lowest BCUT2D eigenvalue weighted by Gasteiger charge is -2.38. The number of amides is 2. The van der Waals surface area contributed by atoms with Crippen molar-refractivity contribution in [2.75, 3.05) is 44.2 Å². The molecule has 3 saturated heterocycles. The Labute approximate surface area is 179 Å². The van der Waals surface area contributed by atoms with E-state index in [0.29, 0.717) is 25.0 Å². The zero-order chi connectivity index (χ0) is 20.9. The van der Waals surface area contributed by atoms with Gasteiger partial charge in [-0.15, -0.1) is 0 Å². The number of para-hydroxylation sites is 1. The van der Waals surface area contributed by atoms with Crippen LogP contribution in [0.4, 0.5) is 5.69 Å². The van der Waals surface area contributed by atoms with E-state index in [1.807, 2.05) is 17.0 Å². The average molecular weight is 411 g/mol. The molecule has 4 aliphatic rings. The molecule has 5 rings (SSSR count). The molecule has 3 fully saturated rings. The highest BCUT2D eigenvalue weighted by Crippen LogP contribution is 2.56. The topological polar surface area (TPSA) is 55.9 Å². The number of nitrogens with one attached hydrogen (secondary N) is 1. The van der Waals surface area contributed by atoms with Crippen LogP contribution in [0.1, 0.15) is 45.1 Å². The van der Waals surface area contributed by atoms with Crippen molar-refractivity contribution >= 4 is 17.5 Å². The molecular formula is C24H34N4O2. The van der Waals surface area contributed by atoms with Gasteiger partial charge in [0.15, 0.2) is 0 Å². The van der Waals surface area contributed by atoms with Gasteiger partial charge in [-0.1, -0.05) is 32.0 Å². The molecule has 1 N–H and O–H groups in total. The summed E-state index contributed by atoms with van der Waals surface area (Å²) in [6, 6.07) is 8.55. The number of anilines is 1. The van der Waals surface area contributed by atoms with Gasteiger partial charge in [0.05, 0.1) is 5.92 Å². The molecule has 0 unspecified atom stereocenters. The molecule has 1 aromatic rings. The van der Waals surface area contributed by atoms with E-state index < -0.39 is 5.54 Å². The number of nitrogens with zero attached hydrogens (tertiary/aromatic N) is 3. The smallest absolute Gasteiger partial charge is 0.253 e. The Morgan fingerprint density at radius 3 is 2.77 bits per heavy atom. The summed E-state index contributed by atoms with van der Waals surface area (Å²) in [6.45, 7) is 9.59. The molecule has 0 aliphatic carbocycles. The Morgan fingerprint density at radius 2 is 1.93 bits per heavy atom. The summed E-state index contributed by atoms with van der Waals surface area (Å²) in [5, 5.41) is 3.20. The van der Waals surface area contributed by atoms with Crippen molar-refractivity contribution < 1.29 is 9.59 Å². The van der Waals surface area contributed by atoms with Gasteiger partial charge >= 0.3 is 0 Å². The summed E-state index contributed by atoms with van der Waals surface area (Å²) in [4.78, 5) is 34.4. The number of rotatable bonds is 2. The lowest BCUT2D eigenvalue weighted by atomic mass is 9.78. The minimum atomic E-state index is -0.816. The van der Waals surface area contributed by atoms with E-state index in [0.717, 1.165) is 63.1 Å². The molecule has 2 amide bonds. The highest BCUT2D eigenvalue weighted by Gasteiger charge is 2.67. The van der Waals surface area contributed by atoms with Crippen molar-refractivity contribution in [2.24, 2.45) is 11.8 Å². The van der Waals surface area contributed by atoms with Crippen LogP contribution in [0, 0.1) is 11.8 Å². The molecule has 162 valence electrons. The van der Waals surface area contributed by atoms with Gasteiger partial charge in [-0.2, -0.15) is 0 Å². The first-order chi connectivity index (χ1) is 14.5. The largest absolute Gasteiger partial charge is 0.356 e. The van der Waals surface area contributed by atoms with E-state index in [1.165, 1.54) is 0 Å². The predicted octanol–water partition coefficient (Wildman–Crippen LogP) is 2.19. The Bertz CT molecular complexity index is 840. The quantitative estimate of drug-likeness (QED) is 0.812. The van der Waals surface area contributed by atoms with Crippen LogP contribution >= 0.6 is 0 Å². The van der Waals surface area contributed by atoms with Crippen LogP contribution in [0.15, 0.2) is 24.3 Å². The first kappa shape index (κ1) is 20.0. The first-order valence-corrected chi connectivity index (χ1v) is 11.7. The summed E-state index contributed by atoms with van der Waals surface area (Å²) in [6.07, 6.45) is 3.94. The van der Waals surface area contributed by atoms with Crippen molar-refractivity contribution in [1.29, 1.82) is 0 Å². The fraction of sp³-hybridized carbons (Fsp3) is 0.667. The molecule has 6 nitrogen and oxygen atoms in total. The maximum absolute atomic E-state index is 14.2. The van der Waals surface area contributed by atoms with Gasteiger partial charge < -0.3 is 15.1 Å². The van der Waals surface area contributed by atoms with Crippen molar-refractivity contribution in [3.05, 3.63) is 29.8 Å². The second-order valence-corrected chi connectivity index (χ2v) is 9.86. The van der Waals surface area contributed by atoms with Crippen LogP contribution in [0.3, 0.4) is 0 Å². The third-order valence-electron chi connectivity index (χ3n) is 7.55. The van der Waals surface area contributed by atoms with E-state index >= 15 is 0 Å². The Hall–Kier alpha value is -1.92. The van der Waals surface area contributed by atoms with E-state index in [4.69, 9.17) is 0 Å². The second-order valence-electron chi connectivity index (χ2n) is 9.86. The highest BCUT2D eigenvalue weighted by atomic mass is 16.2. The van der Waals surface area contributed by atoms with Crippen LogP contribution in [0.2, 0.25) is 0 Å². The SMILES string of the molecule is CC(C)CN1CCCNC(=O)[C@@H]2C[C@@H]3CCCN3[C@@]23C(=O)N(CC1)c1ccccc13. The van der Waals surface area contributed by atoms with Crippen LogP contribution in [-0.2, 0) is 15.1 Å². The van der Waals surface area contributed by atoms with Gasteiger partial charge in [0.1, 0.15) is 5.54 Å². The summed E-state index contributed by atoms with van der Waals surface area (Å²) < 4.78 is 0. The van der Waals surface area contributed by atoms with Crippen molar-refractivity contribution in [2.45, 2.75) is 51.1 Å². The van der Waals surface area contributed by atoms with Crippen molar-refractivity contribution in [3.63, 3.8) is 0 Å². The zero-order valence-electron chi connectivity index (χ0n) is 18.3. The fourth-order valence-electron chi connectivity index (χ4n) is 6.47. The first-order valence-electron chi connectivity index (χ1n) is 11.7. The molecule has 4 aliphatic heterocycles. The molecule has 0 aromatic heterocycles. The molecule has 0 saturated carbocycles. The van der Waals surface area contributed by atoms with E-state index in [-0.39, 0.29) is 17.7 Å². The van der Waals surface area contributed by atoms with Gasteiger partial charge in [-0.3, -0.25) is 14.5 Å². The van der Waals surface area contributed by atoms with E-state index in [2.05, 4.69) is 41.1 Å². The fourth-order valence-corrected chi connectivity index (χ4v) is 6.47. The lowest BCUT2D eigenvalue weighted by molar-refractivity contribution is -0.139. The number of carbonyl (C=O) groups excluding carboxylic acids is 2. The molecule has 0 radical (unpaired) electrons. The minimum absolute atomic E-state index is 0.0605. The minimum Gasteiger partial charge on any atom is -0.356 e. The van der Waals surface area contributed by atoms with E-state index in [9.17, 15) is 9.59 Å². The van der Waals surface area contributed by atoms with Crippen LogP contribution < -0.4 is 10.2 Å². The molecular weight excluding hydrogens is 376 g/mol. The van der Waals surface area contributed by atoms with Gasteiger partial charge in [0.2, 0.25) is 5.91 Å². The average Bonchev–Trinajstić information content (AvgIpc) is 3.36. The molecule has 4 heterocycles. The Balaban J connectivity index is 1.59. The maximum atomic E-state index is 14.2. The molecule has 2 bridgehead atoms. The Kier molecular flexibility index (Phi) is 5.10. The summed E-state index contributed by atoms with van der Waals surface area (Å²) in [5.41, 5.74) is 1.25. The van der Waals surface area contributed by atoms with Crippen LogP contribution in [0.5, 0.6) is 0 Å². The lowest BCUT2D eigenvalue weighted by Crippen LogP contribution is -2.57. The normalized spacial score (nSPS) is 32.4. The third kappa shape index (κ3) is 2.91. The van der Waals surface area contributed by atoms with Gasteiger partial charge in [0, 0.05) is 43.5 Å². The number of hydrogen-bond acceptors (Lipinski definition) is 4. The van der Waals surface area contributed by atoms with Gasteiger partial charge in [-0.25, -0.2) is 0 Å². The van der Waals surface area contributed by atoms with Crippen molar-refractivity contribution in [3.8, 4) is 0 Å². The van der Waals surface area contributed by atoms with Gasteiger partial charge in [0.25, 0.3) is 5.91 Å². The predicted molar refractivity (Wildman–Crippen MR) is 117 cm³/mol. The highest BCUT2D eigenvalue weighted by molar-refractivity contribution is 6.10. The summed E-state index contributed by atoms with van der Waals surface area (Å²) >= 11 is 0. The monoisotopic (exact) mass is 410 g/mol. The molecule has 1 aromatic carbocycles. The van der Waals surface area contributed by atoms with Gasteiger partial charge in [-0.05, 0) is 50.8 Å². The Morgan fingerprint density at radius 1 is 1.10 bits per heavy atom. The summed E-state index contributed by atoms with van der Waals surface area (Å²) in [5.74, 6) is 0.460. The third-order valence-corrected chi connectivity index (χ3v) is 7.55. The number of carbonyl (C=O) groups is 2. The number of hydrogen-bond donors (Lipinski definition) is 1. The molecule has 30 heavy (non-hydrogen) atoms. The standard InChI is InChI=1S/C24H34N4O2/c1-17(2)16-26-11-6-10-25-22(29)20-15-18-7-5-12-28(18)24(20)19-8-3-4-9-21(19)27(14-13-26)23(24)30/h3-4,8-9,17-18,20H,5-7,10-16H2,1-2H3,(H,25,29)/t18-,20-,24+/m0/s1. The summed E-state index contributed by atoms with van der Waals surface area (Å²) in [7, 11) is 0. The number of fused-ring (bicyclic) bond motifs is 4. The number of benzene rings is 1. The molecule has 6 heteroatoms. The van der Waals surface area contributed by atoms with Crippen molar-refractivity contribution in [1.82, 2.24) is 15.1 Å². The second kappa shape index (κ2) is 7.65. The molecule has 3 atom stereocenters. The maximum Gasteiger partial charge on any atom is 0.253 e. The zero-order valence-corrected chi connectivity index (χ0v) is 18.3.